The van der Waals surface area contributed by atoms with E-state index in [1.165, 1.54) is 12.1 Å². The van der Waals surface area contributed by atoms with Crippen molar-refractivity contribution in [1.29, 1.82) is 0 Å². The molecule has 0 atom stereocenters. The van der Waals surface area contributed by atoms with Crippen LogP contribution in [0.3, 0.4) is 0 Å². The predicted octanol–water partition coefficient (Wildman–Crippen LogP) is 5.05. The van der Waals surface area contributed by atoms with Gasteiger partial charge in [0.05, 0.1) is 16.6 Å². The zero-order valence-electron chi connectivity index (χ0n) is 14.5. The summed E-state index contributed by atoms with van der Waals surface area (Å²) in [6.07, 6.45) is 0. The number of H-pyrrole nitrogens is 1. The molecule has 1 N–H and O–H groups in total. The topological polar surface area (TPSA) is 55.7 Å². The molecule has 0 bridgehead atoms. The third-order valence-electron chi connectivity index (χ3n) is 4.57. The van der Waals surface area contributed by atoms with Crippen molar-refractivity contribution in [2.24, 2.45) is 7.05 Å². The van der Waals surface area contributed by atoms with Crippen molar-refractivity contribution in [2.45, 2.75) is 0 Å². The van der Waals surface area contributed by atoms with Gasteiger partial charge in [-0.3, -0.25) is 5.10 Å². The number of aromatic amines is 1. The first kappa shape index (κ1) is 15.6. The van der Waals surface area contributed by atoms with Crippen LogP contribution >= 0.6 is 0 Å². The number of para-hydroxylation sites is 2. The smallest absolute Gasteiger partial charge is 0.162 e. The van der Waals surface area contributed by atoms with Crippen LogP contribution < -0.4 is 4.74 Å². The van der Waals surface area contributed by atoms with E-state index in [4.69, 9.17) is 9.72 Å². The lowest BCUT2D eigenvalue weighted by molar-refractivity contribution is 0.477. The van der Waals surface area contributed by atoms with E-state index in [0.717, 1.165) is 33.5 Å². The van der Waals surface area contributed by atoms with Gasteiger partial charge in [-0.1, -0.05) is 18.2 Å². The lowest BCUT2D eigenvalue weighted by Gasteiger charge is -2.06. The number of hydrogen-bond acceptors (Lipinski definition) is 3. The van der Waals surface area contributed by atoms with E-state index in [1.807, 2.05) is 54.1 Å². The minimum absolute atomic E-state index is 0.336. The lowest BCUT2D eigenvalue weighted by Crippen LogP contribution is -1.93. The molecule has 5 nitrogen and oxygen atoms in total. The summed E-state index contributed by atoms with van der Waals surface area (Å²) in [7, 11) is 1.97. The highest BCUT2D eigenvalue weighted by molar-refractivity contribution is 5.94. The number of fused-ring (bicyclic) bond motifs is 2. The Morgan fingerprint density at radius 1 is 0.963 bits per heavy atom. The maximum absolute atomic E-state index is 13.4. The van der Waals surface area contributed by atoms with Crippen molar-refractivity contribution >= 4 is 21.9 Å². The molecule has 0 radical (unpaired) electrons. The number of hydrogen-bond donors (Lipinski definition) is 1. The van der Waals surface area contributed by atoms with Gasteiger partial charge in [-0.2, -0.15) is 5.10 Å². The molecule has 0 aliphatic rings. The fourth-order valence-corrected chi connectivity index (χ4v) is 3.25. The molecule has 5 aromatic rings. The van der Waals surface area contributed by atoms with Gasteiger partial charge < -0.3 is 9.30 Å². The summed E-state index contributed by atoms with van der Waals surface area (Å²) >= 11 is 0. The molecule has 27 heavy (non-hydrogen) atoms. The SMILES string of the molecule is Cn1c(-c2n[nH]c3ccc(Oc4cccc(F)c4)cc23)nc2ccccc21. The number of benzene rings is 3. The number of halogens is 1. The highest BCUT2D eigenvalue weighted by Crippen LogP contribution is 2.32. The Kier molecular flexibility index (Phi) is 3.43. The molecular weight excluding hydrogens is 343 g/mol. The van der Waals surface area contributed by atoms with E-state index in [-0.39, 0.29) is 5.82 Å². The summed E-state index contributed by atoms with van der Waals surface area (Å²) in [4.78, 5) is 4.72. The van der Waals surface area contributed by atoms with Crippen molar-refractivity contribution < 1.29 is 9.13 Å². The number of nitrogens with one attached hydrogen (secondary N) is 1. The van der Waals surface area contributed by atoms with Crippen LogP contribution in [-0.4, -0.2) is 19.7 Å². The predicted molar refractivity (Wildman–Crippen MR) is 102 cm³/mol. The summed E-state index contributed by atoms with van der Waals surface area (Å²) in [5.74, 6) is 1.49. The Hall–Kier alpha value is -3.67. The van der Waals surface area contributed by atoms with Crippen LogP contribution in [0.15, 0.2) is 66.7 Å². The van der Waals surface area contributed by atoms with E-state index in [9.17, 15) is 4.39 Å². The quantitative estimate of drug-likeness (QED) is 0.491. The summed E-state index contributed by atoms with van der Waals surface area (Å²) in [5.41, 5.74) is 3.58. The average molecular weight is 358 g/mol. The Labute approximate surface area is 154 Å². The van der Waals surface area contributed by atoms with E-state index in [1.54, 1.807) is 12.1 Å². The van der Waals surface area contributed by atoms with E-state index in [2.05, 4.69) is 10.2 Å². The summed E-state index contributed by atoms with van der Waals surface area (Å²) in [6, 6.07) is 19.6. The van der Waals surface area contributed by atoms with Gasteiger partial charge in [-0.05, 0) is 42.5 Å². The first-order valence-electron chi connectivity index (χ1n) is 8.52. The van der Waals surface area contributed by atoms with Gasteiger partial charge >= 0.3 is 0 Å². The van der Waals surface area contributed by atoms with Gasteiger partial charge in [-0.15, -0.1) is 0 Å². The number of aryl methyl sites for hydroxylation is 1. The Morgan fingerprint density at radius 3 is 2.67 bits per heavy atom. The van der Waals surface area contributed by atoms with Crippen molar-refractivity contribution in [2.75, 3.05) is 0 Å². The number of rotatable bonds is 3. The maximum Gasteiger partial charge on any atom is 0.162 e. The van der Waals surface area contributed by atoms with Crippen molar-refractivity contribution in [3.8, 4) is 23.0 Å². The van der Waals surface area contributed by atoms with E-state index in [0.29, 0.717) is 11.5 Å². The number of aromatic nitrogens is 4. The van der Waals surface area contributed by atoms with Crippen LogP contribution in [0.25, 0.3) is 33.5 Å². The van der Waals surface area contributed by atoms with Gasteiger partial charge in [0.25, 0.3) is 0 Å². The second-order valence-corrected chi connectivity index (χ2v) is 6.32. The van der Waals surface area contributed by atoms with Gasteiger partial charge in [0.1, 0.15) is 23.0 Å². The number of nitrogens with zero attached hydrogens (tertiary/aromatic N) is 3. The number of imidazole rings is 1. The zero-order chi connectivity index (χ0) is 18.4. The maximum atomic E-state index is 13.4. The normalized spacial score (nSPS) is 11.3. The third-order valence-corrected chi connectivity index (χ3v) is 4.57. The van der Waals surface area contributed by atoms with Crippen LogP contribution in [-0.2, 0) is 7.05 Å². The Morgan fingerprint density at radius 2 is 1.81 bits per heavy atom. The fraction of sp³-hybridized carbons (Fsp3) is 0.0476. The highest BCUT2D eigenvalue weighted by atomic mass is 19.1. The van der Waals surface area contributed by atoms with Crippen LogP contribution in [0.1, 0.15) is 0 Å². The summed E-state index contributed by atoms with van der Waals surface area (Å²) in [5, 5.41) is 8.39. The molecule has 0 saturated carbocycles. The van der Waals surface area contributed by atoms with Crippen LogP contribution in [0.2, 0.25) is 0 Å². The Bertz CT molecular complexity index is 1290. The number of ether oxygens (including phenoxy) is 1. The van der Waals surface area contributed by atoms with Crippen LogP contribution in [0, 0.1) is 5.82 Å². The molecule has 0 aliphatic carbocycles. The molecule has 0 fully saturated rings. The molecule has 2 heterocycles. The first-order chi connectivity index (χ1) is 13.2. The van der Waals surface area contributed by atoms with Crippen LogP contribution in [0.5, 0.6) is 11.5 Å². The monoisotopic (exact) mass is 358 g/mol. The molecule has 132 valence electrons. The molecule has 2 aromatic heterocycles. The van der Waals surface area contributed by atoms with E-state index < -0.39 is 0 Å². The molecular formula is C21H15FN4O. The van der Waals surface area contributed by atoms with Crippen molar-refractivity contribution in [3.05, 3.63) is 72.5 Å². The van der Waals surface area contributed by atoms with Crippen molar-refractivity contribution in [1.82, 2.24) is 19.7 Å². The standard InChI is InChI=1S/C21H15FN4O/c1-26-19-8-3-2-7-18(19)23-21(26)20-16-12-15(9-10-17(16)24-25-20)27-14-6-4-5-13(22)11-14/h2-12H,1H3,(H,24,25). The second-order valence-electron chi connectivity index (χ2n) is 6.32. The van der Waals surface area contributed by atoms with Crippen molar-refractivity contribution in [3.63, 3.8) is 0 Å². The highest BCUT2D eigenvalue weighted by Gasteiger charge is 2.16. The molecule has 0 saturated heterocycles. The third kappa shape index (κ3) is 2.62. The molecule has 5 rings (SSSR count). The summed E-state index contributed by atoms with van der Waals surface area (Å²) in [6.45, 7) is 0. The molecule has 6 heteroatoms. The lowest BCUT2D eigenvalue weighted by atomic mass is 10.2. The second kappa shape index (κ2) is 5.95. The molecule has 0 amide bonds. The van der Waals surface area contributed by atoms with Gasteiger partial charge in [0.2, 0.25) is 0 Å². The fourth-order valence-electron chi connectivity index (χ4n) is 3.25. The Balaban J connectivity index is 1.62. The van der Waals surface area contributed by atoms with E-state index >= 15 is 0 Å². The van der Waals surface area contributed by atoms with Gasteiger partial charge in [0.15, 0.2) is 5.82 Å². The average Bonchev–Trinajstić information content (AvgIpc) is 3.23. The first-order valence-corrected chi connectivity index (χ1v) is 8.52. The molecule has 3 aromatic carbocycles. The molecule has 0 unspecified atom stereocenters. The van der Waals surface area contributed by atoms with Gasteiger partial charge in [-0.25, -0.2) is 9.37 Å². The zero-order valence-corrected chi connectivity index (χ0v) is 14.5. The van der Waals surface area contributed by atoms with Gasteiger partial charge in [0, 0.05) is 18.5 Å². The van der Waals surface area contributed by atoms with Crippen LogP contribution in [0.4, 0.5) is 4.39 Å². The largest absolute Gasteiger partial charge is 0.457 e. The minimum atomic E-state index is -0.336. The summed E-state index contributed by atoms with van der Waals surface area (Å²) < 4.78 is 21.2. The molecule has 0 spiro atoms. The minimum Gasteiger partial charge on any atom is -0.457 e. The molecule has 0 aliphatic heterocycles.